The Morgan fingerprint density at radius 2 is 1.92 bits per heavy atom. The van der Waals surface area contributed by atoms with Gasteiger partial charge in [-0.25, -0.2) is 10.0 Å². The topological polar surface area (TPSA) is 9.23 Å². The van der Waals surface area contributed by atoms with E-state index in [2.05, 4.69) is 20.8 Å². The Labute approximate surface area is 85.4 Å². The molecule has 12 heavy (non-hydrogen) atoms. The van der Waals surface area contributed by atoms with E-state index in [1.54, 1.807) is 0 Å². The number of halogens is 1. The Balaban J connectivity index is 3.14. The van der Waals surface area contributed by atoms with Crippen LogP contribution >= 0.6 is 10.0 Å². The van der Waals surface area contributed by atoms with E-state index < -0.39 is 13.6 Å². The Morgan fingerprint density at radius 1 is 1.25 bits per heavy atom. The van der Waals surface area contributed by atoms with E-state index in [9.17, 15) is 0 Å². The molecule has 0 spiro atoms. The van der Waals surface area contributed by atoms with Crippen molar-refractivity contribution in [3.05, 3.63) is 0 Å². The lowest BCUT2D eigenvalue weighted by Gasteiger charge is -2.09. The molecule has 0 unspecified atom stereocenters. The van der Waals surface area contributed by atoms with Gasteiger partial charge in [-0.1, -0.05) is 37.9 Å². The van der Waals surface area contributed by atoms with Crippen molar-refractivity contribution in [3.8, 4) is 0 Å². The first-order chi connectivity index (χ1) is 5.66. The molecular formula is C9H20AlClO. The summed E-state index contributed by atoms with van der Waals surface area (Å²) in [6, 6.07) is 0. The lowest BCUT2D eigenvalue weighted by Crippen LogP contribution is -2.15. The molecular weight excluding hydrogens is 187 g/mol. The second-order valence-electron chi connectivity index (χ2n) is 3.44. The van der Waals surface area contributed by atoms with Crippen LogP contribution in [0.5, 0.6) is 0 Å². The fraction of sp³-hybridized carbons (Fsp3) is 1.00. The van der Waals surface area contributed by atoms with Crippen molar-refractivity contribution in [1.82, 2.24) is 0 Å². The van der Waals surface area contributed by atoms with Crippen LogP contribution in [0, 0.1) is 0 Å². The second-order valence-corrected chi connectivity index (χ2v) is 6.57. The molecule has 72 valence electrons. The average Bonchev–Trinajstić information content (AvgIpc) is 1.97. The number of rotatable bonds is 7. The van der Waals surface area contributed by atoms with Gasteiger partial charge in [0.25, 0.3) is 0 Å². The SMILES string of the molecule is CCCCC[CH2][Al]([Cl])[O]C(C)C. The van der Waals surface area contributed by atoms with Gasteiger partial charge in [0.1, 0.15) is 0 Å². The van der Waals surface area contributed by atoms with E-state index in [1.807, 2.05) is 0 Å². The fourth-order valence-electron chi connectivity index (χ4n) is 1.09. The van der Waals surface area contributed by atoms with Crippen LogP contribution in [-0.4, -0.2) is 19.7 Å². The van der Waals surface area contributed by atoms with Crippen molar-refractivity contribution in [1.29, 1.82) is 0 Å². The number of unbranched alkanes of at least 4 members (excludes halogenated alkanes) is 3. The molecule has 0 atom stereocenters. The Morgan fingerprint density at radius 3 is 2.42 bits per heavy atom. The highest BCUT2D eigenvalue weighted by atomic mass is 35.6. The molecule has 0 fully saturated rings. The van der Waals surface area contributed by atoms with Gasteiger partial charge in [-0.2, -0.15) is 0 Å². The zero-order valence-corrected chi connectivity index (χ0v) is 10.4. The number of hydrogen-bond acceptors (Lipinski definition) is 1. The summed E-state index contributed by atoms with van der Waals surface area (Å²) >= 11 is -1.33. The molecule has 0 rings (SSSR count). The first-order valence-electron chi connectivity index (χ1n) is 4.96. The second kappa shape index (κ2) is 8.38. The zero-order chi connectivity index (χ0) is 9.40. The number of hydrogen-bond donors (Lipinski definition) is 0. The van der Waals surface area contributed by atoms with E-state index >= 15 is 0 Å². The minimum atomic E-state index is -1.33. The van der Waals surface area contributed by atoms with Crippen LogP contribution in [0.3, 0.4) is 0 Å². The average molecular weight is 207 g/mol. The quantitative estimate of drug-likeness (QED) is 0.456. The van der Waals surface area contributed by atoms with Crippen molar-refractivity contribution in [2.45, 2.75) is 57.8 Å². The van der Waals surface area contributed by atoms with Gasteiger partial charge in [-0.05, 0) is 13.8 Å². The summed E-state index contributed by atoms with van der Waals surface area (Å²) in [5.41, 5.74) is 0. The van der Waals surface area contributed by atoms with Gasteiger partial charge in [-0.3, -0.25) is 0 Å². The molecule has 0 bridgehead atoms. The summed E-state index contributed by atoms with van der Waals surface area (Å²) in [6.45, 7) is 6.32. The largest absolute Gasteiger partial charge is 0.591 e. The highest BCUT2D eigenvalue weighted by molar-refractivity contribution is 7.03. The zero-order valence-electron chi connectivity index (χ0n) is 8.48. The molecule has 0 aliphatic carbocycles. The maximum absolute atomic E-state index is 6.07. The molecule has 0 aromatic heterocycles. The van der Waals surface area contributed by atoms with E-state index in [-0.39, 0.29) is 0 Å². The van der Waals surface area contributed by atoms with Crippen LogP contribution < -0.4 is 0 Å². The molecule has 0 aliphatic rings. The summed E-state index contributed by atoms with van der Waals surface area (Å²) < 4.78 is 5.53. The van der Waals surface area contributed by atoms with Crippen LogP contribution in [-0.2, 0) is 3.79 Å². The Bertz CT molecular complexity index is 98.5. The van der Waals surface area contributed by atoms with Crippen LogP contribution in [0.15, 0.2) is 0 Å². The van der Waals surface area contributed by atoms with Gasteiger partial charge in [-0.15, -0.1) is 0 Å². The third kappa shape index (κ3) is 8.88. The van der Waals surface area contributed by atoms with E-state index in [0.717, 1.165) is 5.28 Å². The summed E-state index contributed by atoms with van der Waals surface area (Å²) in [6.07, 6.45) is 5.50. The van der Waals surface area contributed by atoms with E-state index in [4.69, 9.17) is 13.8 Å². The van der Waals surface area contributed by atoms with Crippen molar-refractivity contribution in [3.63, 3.8) is 0 Å². The smallest absolute Gasteiger partial charge is 0.487 e. The highest BCUT2D eigenvalue weighted by Gasteiger charge is 2.18. The monoisotopic (exact) mass is 206 g/mol. The normalized spacial score (nSPS) is 10.8. The third-order valence-corrected chi connectivity index (χ3v) is 4.37. The minimum absolute atomic E-state index is 0.311. The summed E-state index contributed by atoms with van der Waals surface area (Å²) in [5, 5.41) is 1.12. The highest BCUT2D eigenvalue weighted by Crippen LogP contribution is 2.10. The Kier molecular flexibility index (Phi) is 8.93. The van der Waals surface area contributed by atoms with Gasteiger partial charge in [0.15, 0.2) is 0 Å². The van der Waals surface area contributed by atoms with Crippen molar-refractivity contribution >= 4 is 23.6 Å². The van der Waals surface area contributed by atoms with Gasteiger partial charge >= 0.3 is 13.6 Å². The van der Waals surface area contributed by atoms with Gasteiger partial charge in [0.2, 0.25) is 0 Å². The Hall–Kier alpha value is 0.782. The van der Waals surface area contributed by atoms with Gasteiger partial charge in [0, 0.05) is 6.10 Å². The van der Waals surface area contributed by atoms with Gasteiger partial charge in [0.05, 0.1) is 0 Å². The molecule has 0 amide bonds. The molecule has 0 aromatic rings. The molecule has 0 saturated heterocycles. The lowest BCUT2D eigenvalue weighted by atomic mass is 10.2. The maximum atomic E-state index is 6.07. The standard InChI is InChI=1S/C6H13.C3H7O.Al.ClH/c1-3-5-6-4-2;1-3(2)4;;/h1,3-6H2,2H3;3H,1-2H3;;1H/q;-1;+2;/p-1. The maximum Gasteiger partial charge on any atom is 0.591 e. The fourth-order valence-corrected chi connectivity index (χ4v) is 3.51. The molecule has 0 aliphatic heterocycles. The van der Waals surface area contributed by atoms with E-state index in [0.29, 0.717) is 6.10 Å². The first-order valence-corrected chi connectivity index (χ1v) is 7.99. The van der Waals surface area contributed by atoms with E-state index in [1.165, 1.54) is 25.7 Å². The van der Waals surface area contributed by atoms with Crippen molar-refractivity contribution in [2.75, 3.05) is 0 Å². The van der Waals surface area contributed by atoms with Crippen LogP contribution in [0.25, 0.3) is 0 Å². The summed E-state index contributed by atoms with van der Waals surface area (Å²) in [4.78, 5) is 0. The van der Waals surface area contributed by atoms with Crippen LogP contribution in [0.4, 0.5) is 0 Å². The molecule has 0 heterocycles. The summed E-state index contributed by atoms with van der Waals surface area (Å²) in [7, 11) is 6.07. The van der Waals surface area contributed by atoms with Crippen molar-refractivity contribution in [2.24, 2.45) is 0 Å². The molecule has 0 N–H and O–H groups in total. The predicted octanol–water partition coefficient (Wildman–Crippen LogP) is 3.72. The molecule has 0 aromatic carbocycles. The molecule has 3 heteroatoms. The third-order valence-electron chi connectivity index (χ3n) is 1.70. The van der Waals surface area contributed by atoms with Crippen molar-refractivity contribution < 1.29 is 3.79 Å². The predicted molar refractivity (Wildman–Crippen MR) is 56.8 cm³/mol. The molecule has 0 saturated carbocycles. The van der Waals surface area contributed by atoms with Crippen LogP contribution in [0.2, 0.25) is 5.28 Å². The summed E-state index contributed by atoms with van der Waals surface area (Å²) in [5.74, 6) is 0. The molecule has 0 radical (unpaired) electrons. The van der Waals surface area contributed by atoms with Gasteiger partial charge < -0.3 is 3.79 Å². The first kappa shape index (κ1) is 12.8. The van der Waals surface area contributed by atoms with Crippen LogP contribution in [0.1, 0.15) is 46.5 Å². The lowest BCUT2D eigenvalue weighted by molar-refractivity contribution is 0.250. The minimum Gasteiger partial charge on any atom is -0.487 e. The molecule has 1 nitrogen and oxygen atoms in total.